The Labute approximate surface area is 168 Å². The molecule has 0 bridgehead atoms. The summed E-state index contributed by atoms with van der Waals surface area (Å²) in [6.45, 7) is 4.93. The van der Waals surface area contributed by atoms with Crippen LogP contribution in [0.3, 0.4) is 0 Å². The van der Waals surface area contributed by atoms with E-state index < -0.39 is 0 Å². The van der Waals surface area contributed by atoms with Gasteiger partial charge in [0.1, 0.15) is 5.82 Å². The van der Waals surface area contributed by atoms with E-state index in [4.69, 9.17) is 31.8 Å². The minimum absolute atomic E-state index is 0.255. The van der Waals surface area contributed by atoms with Crippen molar-refractivity contribution in [3.8, 4) is 11.5 Å². The van der Waals surface area contributed by atoms with Crippen LogP contribution in [0, 0.1) is 6.92 Å². The van der Waals surface area contributed by atoms with Gasteiger partial charge in [-0.15, -0.1) is 0 Å². The van der Waals surface area contributed by atoms with Gasteiger partial charge in [-0.25, -0.2) is 4.98 Å². The number of rotatable bonds is 3. The van der Waals surface area contributed by atoms with Gasteiger partial charge < -0.3 is 15.2 Å². The molecule has 0 saturated carbocycles. The molecule has 0 spiro atoms. The summed E-state index contributed by atoms with van der Waals surface area (Å²) in [6, 6.07) is 7.76. The Kier molecular flexibility index (Phi) is 4.29. The van der Waals surface area contributed by atoms with E-state index in [1.165, 1.54) is 0 Å². The van der Waals surface area contributed by atoms with Crippen LogP contribution in [-0.2, 0) is 6.54 Å². The average Bonchev–Trinajstić information content (AvgIpc) is 3.27. The standard InChI is InChI=1S/C20H22ClN5O2/c1-12-5-20-23-16(8-19(22)26(20)24-12)13-3-2-4-25(9-13)10-14-6-17-18(7-15(14)21)28-11-27-17/h5-8,13H,2-4,9-11,22H2,1H3/t13-/m1/s1. The molecule has 0 amide bonds. The number of benzene rings is 1. The fourth-order valence-corrected chi connectivity index (χ4v) is 4.32. The number of nitrogens with two attached hydrogens (primary N) is 1. The summed E-state index contributed by atoms with van der Waals surface area (Å²) in [5.41, 5.74) is 10.0. The third-order valence-corrected chi connectivity index (χ3v) is 5.81. The zero-order chi connectivity index (χ0) is 19.3. The van der Waals surface area contributed by atoms with Crippen LogP contribution in [0.1, 0.15) is 35.7 Å². The van der Waals surface area contributed by atoms with Crippen molar-refractivity contribution in [2.75, 3.05) is 25.6 Å². The van der Waals surface area contributed by atoms with E-state index in [0.717, 1.165) is 60.8 Å². The van der Waals surface area contributed by atoms with Gasteiger partial charge in [-0.3, -0.25) is 4.90 Å². The molecule has 1 atom stereocenters. The van der Waals surface area contributed by atoms with Crippen molar-refractivity contribution in [1.82, 2.24) is 19.5 Å². The lowest BCUT2D eigenvalue weighted by Crippen LogP contribution is -2.34. The highest BCUT2D eigenvalue weighted by atomic mass is 35.5. The van der Waals surface area contributed by atoms with E-state index in [-0.39, 0.29) is 6.79 Å². The number of nitrogens with zero attached hydrogens (tertiary/aromatic N) is 4. The van der Waals surface area contributed by atoms with Crippen LogP contribution in [0.15, 0.2) is 24.3 Å². The van der Waals surface area contributed by atoms with Crippen molar-refractivity contribution >= 4 is 23.1 Å². The second-order valence-electron chi connectivity index (χ2n) is 7.53. The van der Waals surface area contributed by atoms with Crippen molar-refractivity contribution < 1.29 is 9.47 Å². The Bertz CT molecular complexity index is 1050. The summed E-state index contributed by atoms with van der Waals surface area (Å²) in [6.07, 6.45) is 2.21. The minimum atomic E-state index is 0.255. The monoisotopic (exact) mass is 399 g/mol. The second kappa shape index (κ2) is 6.83. The normalized spacial score (nSPS) is 19.4. The lowest BCUT2D eigenvalue weighted by molar-refractivity contribution is 0.173. The predicted molar refractivity (Wildman–Crippen MR) is 107 cm³/mol. The zero-order valence-electron chi connectivity index (χ0n) is 15.7. The van der Waals surface area contributed by atoms with Gasteiger partial charge in [-0.1, -0.05) is 11.6 Å². The lowest BCUT2D eigenvalue weighted by Gasteiger charge is -2.32. The number of ether oxygens (including phenoxy) is 2. The van der Waals surface area contributed by atoms with Crippen LogP contribution in [0.25, 0.3) is 5.65 Å². The molecule has 3 aromatic rings. The maximum Gasteiger partial charge on any atom is 0.231 e. The summed E-state index contributed by atoms with van der Waals surface area (Å²) in [7, 11) is 0. The van der Waals surface area contributed by atoms with Gasteiger partial charge in [0.2, 0.25) is 6.79 Å². The topological polar surface area (TPSA) is 77.9 Å². The molecule has 2 aliphatic rings. The van der Waals surface area contributed by atoms with E-state index in [9.17, 15) is 0 Å². The smallest absolute Gasteiger partial charge is 0.231 e. The third-order valence-electron chi connectivity index (χ3n) is 5.46. The number of halogens is 1. The fourth-order valence-electron chi connectivity index (χ4n) is 4.10. The fraction of sp³-hybridized carbons (Fsp3) is 0.400. The van der Waals surface area contributed by atoms with Crippen molar-refractivity contribution in [3.63, 3.8) is 0 Å². The molecule has 0 radical (unpaired) electrons. The quantitative estimate of drug-likeness (QED) is 0.727. The molecule has 2 aliphatic heterocycles. The Morgan fingerprint density at radius 3 is 2.89 bits per heavy atom. The number of aromatic nitrogens is 3. The Morgan fingerprint density at radius 2 is 2.04 bits per heavy atom. The molecule has 1 saturated heterocycles. The maximum atomic E-state index is 6.47. The number of anilines is 1. The second-order valence-corrected chi connectivity index (χ2v) is 7.94. The van der Waals surface area contributed by atoms with E-state index in [1.807, 2.05) is 31.2 Å². The van der Waals surface area contributed by atoms with Crippen molar-refractivity contribution in [3.05, 3.63) is 46.2 Å². The number of nitrogen functional groups attached to an aromatic ring is 1. The van der Waals surface area contributed by atoms with Gasteiger partial charge in [-0.2, -0.15) is 9.61 Å². The van der Waals surface area contributed by atoms with Crippen LogP contribution < -0.4 is 15.2 Å². The van der Waals surface area contributed by atoms with Gasteiger partial charge in [0.05, 0.1) is 11.4 Å². The van der Waals surface area contributed by atoms with Crippen molar-refractivity contribution in [2.24, 2.45) is 0 Å². The molecule has 1 aromatic carbocycles. The first-order chi connectivity index (χ1) is 13.6. The van der Waals surface area contributed by atoms with Gasteiger partial charge in [0, 0.05) is 42.2 Å². The molecule has 8 heteroatoms. The number of fused-ring (bicyclic) bond motifs is 2. The summed E-state index contributed by atoms with van der Waals surface area (Å²) in [5, 5.41) is 5.10. The molecular formula is C20H22ClN5O2. The first-order valence-electron chi connectivity index (χ1n) is 9.50. The SMILES string of the molecule is Cc1cc2nc([C@@H]3CCCN(Cc4cc5c(cc4Cl)OCO5)C3)cc(N)n2n1. The van der Waals surface area contributed by atoms with Crippen LogP contribution in [-0.4, -0.2) is 39.4 Å². The van der Waals surface area contributed by atoms with E-state index in [2.05, 4.69) is 10.00 Å². The molecule has 1 fully saturated rings. The lowest BCUT2D eigenvalue weighted by atomic mass is 9.94. The number of hydrogen-bond acceptors (Lipinski definition) is 6. The molecular weight excluding hydrogens is 378 g/mol. The molecule has 2 N–H and O–H groups in total. The molecule has 2 aromatic heterocycles. The van der Waals surface area contributed by atoms with Crippen LogP contribution in [0.5, 0.6) is 11.5 Å². The zero-order valence-corrected chi connectivity index (χ0v) is 16.4. The van der Waals surface area contributed by atoms with E-state index in [1.54, 1.807) is 4.52 Å². The molecule has 146 valence electrons. The van der Waals surface area contributed by atoms with Crippen molar-refractivity contribution in [1.29, 1.82) is 0 Å². The summed E-state index contributed by atoms with van der Waals surface area (Å²) < 4.78 is 12.6. The molecule has 28 heavy (non-hydrogen) atoms. The number of likely N-dealkylation sites (tertiary alicyclic amines) is 1. The molecule has 7 nitrogen and oxygen atoms in total. The van der Waals surface area contributed by atoms with E-state index >= 15 is 0 Å². The molecule has 0 unspecified atom stereocenters. The number of piperidine rings is 1. The first-order valence-corrected chi connectivity index (χ1v) is 9.88. The highest BCUT2D eigenvalue weighted by Gasteiger charge is 2.25. The van der Waals surface area contributed by atoms with Gasteiger partial charge in [-0.05, 0) is 37.9 Å². The molecule has 5 rings (SSSR count). The average molecular weight is 400 g/mol. The van der Waals surface area contributed by atoms with Crippen LogP contribution in [0.4, 0.5) is 5.82 Å². The Balaban J connectivity index is 1.37. The summed E-state index contributed by atoms with van der Waals surface area (Å²) >= 11 is 6.47. The number of hydrogen-bond donors (Lipinski definition) is 1. The van der Waals surface area contributed by atoms with Gasteiger partial charge in [0.15, 0.2) is 17.1 Å². The molecule has 4 heterocycles. The molecule has 0 aliphatic carbocycles. The van der Waals surface area contributed by atoms with Gasteiger partial charge in [0.25, 0.3) is 0 Å². The van der Waals surface area contributed by atoms with Gasteiger partial charge >= 0.3 is 0 Å². The van der Waals surface area contributed by atoms with Crippen LogP contribution in [0.2, 0.25) is 5.02 Å². The third kappa shape index (κ3) is 3.14. The predicted octanol–water partition coefficient (Wildman–Crippen LogP) is 3.38. The van der Waals surface area contributed by atoms with Crippen LogP contribution >= 0.6 is 11.6 Å². The highest BCUT2D eigenvalue weighted by molar-refractivity contribution is 6.31. The Morgan fingerprint density at radius 1 is 1.21 bits per heavy atom. The highest BCUT2D eigenvalue weighted by Crippen LogP contribution is 2.38. The largest absolute Gasteiger partial charge is 0.454 e. The first kappa shape index (κ1) is 17.6. The number of aryl methyl sites for hydroxylation is 1. The van der Waals surface area contributed by atoms with Crippen molar-refractivity contribution in [2.45, 2.75) is 32.2 Å². The summed E-state index contributed by atoms with van der Waals surface area (Å²) in [4.78, 5) is 7.24. The maximum absolute atomic E-state index is 6.47. The van der Waals surface area contributed by atoms with E-state index in [0.29, 0.717) is 22.5 Å². The summed E-state index contributed by atoms with van der Waals surface area (Å²) in [5.74, 6) is 2.45. The minimum Gasteiger partial charge on any atom is -0.454 e. The Hall–Kier alpha value is -2.51.